The van der Waals surface area contributed by atoms with Crippen molar-refractivity contribution in [2.24, 2.45) is 5.92 Å². The second kappa shape index (κ2) is 15.6. The Balaban J connectivity index is 1.36. The molecule has 2 aromatic carbocycles. The van der Waals surface area contributed by atoms with E-state index in [-0.39, 0.29) is 11.4 Å². The van der Waals surface area contributed by atoms with Gasteiger partial charge < -0.3 is 4.42 Å². The average molecular weight is 535 g/mol. The highest BCUT2D eigenvalue weighted by Crippen LogP contribution is 2.39. The van der Waals surface area contributed by atoms with Crippen molar-refractivity contribution in [3.63, 3.8) is 0 Å². The third-order valence-corrected chi connectivity index (χ3v) is 9.26. The molecule has 0 N–H and O–H groups in total. The molecule has 1 aromatic heterocycles. The second-order valence-electron chi connectivity index (χ2n) is 12.3. The van der Waals surface area contributed by atoms with Gasteiger partial charge in [0.15, 0.2) is 11.4 Å². The van der Waals surface area contributed by atoms with Crippen molar-refractivity contribution in [2.75, 3.05) is 0 Å². The summed E-state index contributed by atoms with van der Waals surface area (Å²) in [6.07, 6.45) is 23.7. The van der Waals surface area contributed by atoms with E-state index in [1.165, 1.54) is 108 Å². The molecule has 4 rings (SSSR count). The Hall–Kier alpha value is -2.16. The van der Waals surface area contributed by atoms with Crippen molar-refractivity contribution in [2.45, 2.75) is 142 Å². The van der Waals surface area contributed by atoms with Crippen molar-refractivity contribution >= 4 is 21.7 Å². The Morgan fingerprint density at radius 1 is 0.718 bits per heavy atom. The molecule has 2 nitrogen and oxygen atoms in total. The minimum Gasteiger partial charge on any atom is -0.419 e. The monoisotopic (exact) mass is 534 g/mol. The van der Waals surface area contributed by atoms with Gasteiger partial charge in [0.05, 0.1) is 5.39 Å². The van der Waals surface area contributed by atoms with Crippen molar-refractivity contribution in [1.82, 2.24) is 0 Å². The number of unbranched alkanes of at least 4 members (excludes halogenated alkanes) is 11. The maximum atomic E-state index is 15.4. The summed E-state index contributed by atoms with van der Waals surface area (Å²) in [6.45, 7) is 4.50. The Bertz CT molecular complexity index is 1220. The van der Waals surface area contributed by atoms with Crippen LogP contribution < -0.4 is 5.63 Å². The van der Waals surface area contributed by atoms with Gasteiger partial charge >= 0.3 is 5.63 Å². The number of hydrogen-bond acceptors (Lipinski definition) is 2. The summed E-state index contributed by atoms with van der Waals surface area (Å²) in [5, 5.41) is 2.11. The molecule has 0 spiro atoms. The molecule has 0 bridgehead atoms. The van der Waals surface area contributed by atoms with Crippen LogP contribution in [0.25, 0.3) is 21.7 Å². The molecule has 3 aromatic rings. The summed E-state index contributed by atoms with van der Waals surface area (Å²) in [5.41, 5.74) is 1.61. The van der Waals surface area contributed by atoms with Gasteiger partial charge in [-0.05, 0) is 67.6 Å². The lowest BCUT2D eigenvalue weighted by molar-refractivity contribution is 0.302. The van der Waals surface area contributed by atoms with Gasteiger partial charge in [-0.2, -0.15) is 0 Å². The molecule has 0 radical (unpaired) electrons. The van der Waals surface area contributed by atoms with Gasteiger partial charge in [0, 0.05) is 10.8 Å². The second-order valence-corrected chi connectivity index (χ2v) is 12.3. The zero-order chi connectivity index (χ0) is 27.5. The standard InChI is InChI=1S/C36H51FO2/c1-3-5-7-9-11-13-15-17-29-22-25-32-31-24-23-30(26-33(31)36(38)39-35(32)34(29)37)28-20-18-27(19-21-28)16-14-12-10-8-6-4-2/h22-28H,3-21H2,1-2H3. The SMILES string of the molecule is CCCCCCCCCc1ccc2c(oc(=O)c3cc(C4CCC(CCCCCCCC)CC4)ccc32)c1F. The van der Waals surface area contributed by atoms with E-state index in [1.807, 2.05) is 24.3 Å². The van der Waals surface area contributed by atoms with Crippen LogP contribution in [0.15, 0.2) is 39.5 Å². The maximum absolute atomic E-state index is 15.4. The Morgan fingerprint density at radius 2 is 1.33 bits per heavy atom. The molecule has 1 fully saturated rings. The zero-order valence-electron chi connectivity index (χ0n) is 24.7. The predicted molar refractivity (Wildman–Crippen MR) is 164 cm³/mol. The van der Waals surface area contributed by atoms with E-state index in [0.29, 0.717) is 28.7 Å². The van der Waals surface area contributed by atoms with Crippen LogP contribution in [0.5, 0.6) is 0 Å². The van der Waals surface area contributed by atoms with Crippen LogP contribution in [0.2, 0.25) is 0 Å². The van der Waals surface area contributed by atoms with Crippen molar-refractivity contribution in [1.29, 1.82) is 0 Å². The highest BCUT2D eigenvalue weighted by atomic mass is 19.1. The number of fused-ring (bicyclic) bond motifs is 3. The lowest BCUT2D eigenvalue weighted by Crippen LogP contribution is -2.14. The van der Waals surface area contributed by atoms with E-state index < -0.39 is 5.63 Å². The number of rotatable bonds is 16. The Labute approximate surface area is 235 Å². The molecule has 1 aliphatic rings. The summed E-state index contributed by atoms with van der Waals surface area (Å²) >= 11 is 0. The van der Waals surface area contributed by atoms with E-state index in [1.54, 1.807) is 0 Å². The quantitative estimate of drug-likeness (QED) is 0.104. The highest BCUT2D eigenvalue weighted by Gasteiger charge is 2.23. The van der Waals surface area contributed by atoms with E-state index in [4.69, 9.17) is 4.42 Å². The third kappa shape index (κ3) is 8.18. The van der Waals surface area contributed by atoms with Crippen LogP contribution in [0.1, 0.15) is 146 Å². The molecule has 0 atom stereocenters. The topological polar surface area (TPSA) is 30.2 Å². The van der Waals surface area contributed by atoms with E-state index in [9.17, 15) is 4.79 Å². The predicted octanol–water partition coefficient (Wildman–Crippen LogP) is 11.4. The molecule has 39 heavy (non-hydrogen) atoms. The first-order valence-electron chi connectivity index (χ1n) is 16.3. The van der Waals surface area contributed by atoms with Crippen LogP contribution in [0, 0.1) is 11.7 Å². The van der Waals surface area contributed by atoms with Crippen molar-refractivity contribution < 1.29 is 8.81 Å². The van der Waals surface area contributed by atoms with Crippen LogP contribution in [-0.2, 0) is 6.42 Å². The molecular formula is C36H51FO2. The largest absolute Gasteiger partial charge is 0.419 e. The molecule has 0 unspecified atom stereocenters. The van der Waals surface area contributed by atoms with E-state index in [0.717, 1.165) is 24.1 Å². The minimum absolute atomic E-state index is 0.121. The van der Waals surface area contributed by atoms with Gasteiger partial charge in [0.2, 0.25) is 0 Å². The molecule has 0 amide bonds. The fourth-order valence-electron chi connectivity index (χ4n) is 6.74. The normalized spacial score (nSPS) is 17.8. The molecule has 0 saturated heterocycles. The first kappa shape index (κ1) is 29.8. The number of aryl methyl sites for hydroxylation is 1. The molecule has 3 heteroatoms. The lowest BCUT2D eigenvalue weighted by Gasteiger charge is -2.29. The lowest BCUT2D eigenvalue weighted by atomic mass is 9.76. The van der Waals surface area contributed by atoms with Crippen LogP contribution in [0.3, 0.4) is 0 Å². The molecular weight excluding hydrogens is 483 g/mol. The molecule has 1 saturated carbocycles. The smallest absolute Gasteiger partial charge is 0.344 e. The maximum Gasteiger partial charge on any atom is 0.344 e. The number of benzene rings is 2. The molecule has 0 aliphatic heterocycles. The molecule has 1 heterocycles. The van der Waals surface area contributed by atoms with Crippen molar-refractivity contribution in [3.8, 4) is 0 Å². The van der Waals surface area contributed by atoms with Gasteiger partial charge in [-0.15, -0.1) is 0 Å². The van der Waals surface area contributed by atoms with Crippen LogP contribution in [-0.4, -0.2) is 0 Å². The van der Waals surface area contributed by atoms with Crippen LogP contribution >= 0.6 is 0 Å². The van der Waals surface area contributed by atoms with E-state index >= 15 is 4.39 Å². The first-order chi connectivity index (χ1) is 19.1. The van der Waals surface area contributed by atoms with Gasteiger partial charge in [-0.3, -0.25) is 0 Å². The van der Waals surface area contributed by atoms with Gasteiger partial charge in [-0.1, -0.05) is 122 Å². The van der Waals surface area contributed by atoms with Crippen LogP contribution in [0.4, 0.5) is 4.39 Å². The van der Waals surface area contributed by atoms with E-state index in [2.05, 4.69) is 19.9 Å². The number of hydrogen-bond donors (Lipinski definition) is 0. The third-order valence-electron chi connectivity index (χ3n) is 9.26. The number of halogens is 1. The fraction of sp³-hybridized carbons (Fsp3) is 0.639. The summed E-state index contributed by atoms with van der Waals surface area (Å²) in [6, 6.07) is 10.1. The van der Waals surface area contributed by atoms with Gasteiger partial charge in [-0.25, -0.2) is 9.18 Å². The Morgan fingerprint density at radius 3 is 2.03 bits per heavy atom. The first-order valence-corrected chi connectivity index (χ1v) is 16.3. The molecule has 214 valence electrons. The average Bonchev–Trinajstić information content (AvgIpc) is 2.96. The molecule has 1 aliphatic carbocycles. The zero-order valence-corrected chi connectivity index (χ0v) is 24.7. The van der Waals surface area contributed by atoms with Gasteiger partial charge in [0.25, 0.3) is 0 Å². The van der Waals surface area contributed by atoms with Crippen molar-refractivity contribution in [3.05, 3.63) is 57.7 Å². The summed E-state index contributed by atoms with van der Waals surface area (Å²) < 4.78 is 21.0. The minimum atomic E-state index is -0.414. The summed E-state index contributed by atoms with van der Waals surface area (Å²) in [7, 11) is 0. The fourth-order valence-corrected chi connectivity index (χ4v) is 6.74. The highest BCUT2D eigenvalue weighted by molar-refractivity contribution is 6.04. The summed E-state index contributed by atoms with van der Waals surface area (Å²) in [5.74, 6) is 1.01. The summed E-state index contributed by atoms with van der Waals surface area (Å²) in [4.78, 5) is 13.0. The Kier molecular flexibility index (Phi) is 11.9. The van der Waals surface area contributed by atoms with Gasteiger partial charge in [0.1, 0.15) is 0 Å².